The minimum absolute atomic E-state index is 0.857. The molecular formula is C9H11N3S2. The van der Waals surface area contributed by atoms with Crippen LogP contribution in [-0.2, 0) is 13.0 Å². The second-order valence-electron chi connectivity index (χ2n) is 2.82. The Labute approximate surface area is 91.0 Å². The zero-order valence-corrected chi connectivity index (χ0v) is 9.49. The van der Waals surface area contributed by atoms with E-state index in [1.165, 1.54) is 22.0 Å². The number of thiophene rings is 1. The lowest BCUT2D eigenvalue weighted by Crippen LogP contribution is -1.98. The van der Waals surface area contributed by atoms with Crippen LogP contribution in [0.2, 0.25) is 0 Å². The van der Waals surface area contributed by atoms with Gasteiger partial charge in [0.15, 0.2) is 0 Å². The molecule has 0 radical (unpaired) electrons. The number of aromatic nitrogens is 2. The Bertz CT molecular complexity index is 380. The molecule has 0 fully saturated rings. The summed E-state index contributed by atoms with van der Waals surface area (Å²) >= 11 is 3.18. The number of nitrogens with one attached hydrogen (secondary N) is 1. The summed E-state index contributed by atoms with van der Waals surface area (Å²) in [4.78, 5) is 5.46. The molecule has 0 aliphatic carbocycles. The highest BCUT2D eigenvalue weighted by Gasteiger charge is 2.02. The van der Waals surface area contributed by atoms with E-state index in [0.717, 1.165) is 18.1 Å². The van der Waals surface area contributed by atoms with Gasteiger partial charge in [-0.15, -0.1) is 11.3 Å². The van der Waals surface area contributed by atoms with Gasteiger partial charge in [0.25, 0.3) is 0 Å². The molecule has 2 heterocycles. The second-order valence-corrected chi connectivity index (χ2v) is 4.60. The minimum atomic E-state index is 0.857. The lowest BCUT2D eigenvalue weighted by molar-refractivity contribution is 1.07. The van der Waals surface area contributed by atoms with Gasteiger partial charge >= 0.3 is 0 Å². The topological polar surface area (TPSA) is 37.8 Å². The van der Waals surface area contributed by atoms with Crippen LogP contribution in [0.1, 0.15) is 17.4 Å². The second kappa shape index (κ2) is 4.52. The maximum absolute atomic E-state index is 4.07. The van der Waals surface area contributed by atoms with Crippen LogP contribution in [0, 0.1) is 0 Å². The first kappa shape index (κ1) is 9.61. The van der Waals surface area contributed by atoms with Crippen LogP contribution in [0.5, 0.6) is 0 Å². The molecule has 0 bridgehead atoms. The average Bonchev–Trinajstić information content (AvgIpc) is 2.85. The normalized spacial score (nSPS) is 10.4. The molecule has 2 aromatic heterocycles. The summed E-state index contributed by atoms with van der Waals surface area (Å²) in [6.07, 6.45) is 2.67. The summed E-state index contributed by atoms with van der Waals surface area (Å²) in [6, 6.07) is 2.18. The van der Waals surface area contributed by atoms with Crippen LogP contribution in [0.25, 0.3) is 0 Å². The van der Waals surface area contributed by atoms with E-state index in [0.29, 0.717) is 0 Å². The van der Waals surface area contributed by atoms with Gasteiger partial charge < -0.3 is 5.32 Å². The first-order valence-corrected chi connectivity index (χ1v) is 6.11. The molecule has 0 unspecified atom stereocenters. The van der Waals surface area contributed by atoms with Gasteiger partial charge in [-0.3, -0.25) is 0 Å². The van der Waals surface area contributed by atoms with E-state index in [4.69, 9.17) is 0 Å². The first-order valence-electron chi connectivity index (χ1n) is 4.46. The summed E-state index contributed by atoms with van der Waals surface area (Å²) in [5.74, 6) is 0. The summed E-state index contributed by atoms with van der Waals surface area (Å²) < 4.78 is 3.94. The highest BCUT2D eigenvalue weighted by atomic mass is 32.1. The van der Waals surface area contributed by atoms with Crippen LogP contribution in [0.3, 0.4) is 0 Å². The fraction of sp³-hybridized carbons (Fsp3) is 0.333. The Morgan fingerprint density at radius 2 is 2.43 bits per heavy atom. The molecular weight excluding hydrogens is 214 g/mol. The fourth-order valence-corrected chi connectivity index (χ4v) is 2.58. The standard InChI is InChI=1S/C9H11N3S2/c1-2-7-3-4-13-8(7)5-10-9-11-6-12-14-9/h3-4,6H,2,5H2,1H3,(H,10,11,12). The highest BCUT2D eigenvalue weighted by molar-refractivity contribution is 7.10. The van der Waals surface area contributed by atoms with Gasteiger partial charge in [0, 0.05) is 16.4 Å². The monoisotopic (exact) mass is 225 g/mol. The SMILES string of the molecule is CCc1ccsc1CNc1ncns1. The Kier molecular flexibility index (Phi) is 3.10. The third kappa shape index (κ3) is 2.10. The van der Waals surface area contributed by atoms with E-state index in [1.807, 2.05) is 0 Å². The van der Waals surface area contributed by atoms with Crippen molar-refractivity contribution < 1.29 is 0 Å². The Balaban J connectivity index is 1.98. The number of hydrogen-bond donors (Lipinski definition) is 1. The van der Waals surface area contributed by atoms with Crippen molar-refractivity contribution in [3.63, 3.8) is 0 Å². The van der Waals surface area contributed by atoms with E-state index in [1.54, 1.807) is 17.7 Å². The molecule has 0 aliphatic rings. The van der Waals surface area contributed by atoms with Crippen molar-refractivity contribution in [2.45, 2.75) is 19.9 Å². The van der Waals surface area contributed by atoms with Crippen LogP contribution < -0.4 is 5.32 Å². The van der Waals surface area contributed by atoms with Crippen molar-refractivity contribution in [3.8, 4) is 0 Å². The molecule has 0 aliphatic heterocycles. The average molecular weight is 225 g/mol. The summed E-state index contributed by atoms with van der Waals surface area (Å²) in [5, 5.41) is 6.28. The van der Waals surface area contributed by atoms with E-state index in [2.05, 4.69) is 33.0 Å². The molecule has 0 saturated heterocycles. The molecule has 0 atom stereocenters. The van der Waals surface area contributed by atoms with Gasteiger partial charge in [-0.25, -0.2) is 4.98 Å². The summed E-state index contributed by atoms with van der Waals surface area (Å²) in [7, 11) is 0. The van der Waals surface area contributed by atoms with Gasteiger partial charge in [0.2, 0.25) is 5.13 Å². The van der Waals surface area contributed by atoms with Crippen molar-refractivity contribution in [2.24, 2.45) is 0 Å². The molecule has 0 aromatic carbocycles. The lowest BCUT2D eigenvalue weighted by atomic mass is 10.2. The van der Waals surface area contributed by atoms with Crippen molar-refractivity contribution in [1.82, 2.24) is 9.36 Å². The van der Waals surface area contributed by atoms with Crippen molar-refractivity contribution in [3.05, 3.63) is 28.2 Å². The highest BCUT2D eigenvalue weighted by Crippen LogP contribution is 2.19. The lowest BCUT2D eigenvalue weighted by Gasteiger charge is -2.01. The first-order chi connectivity index (χ1) is 6.90. The molecule has 74 valence electrons. The third-order valence-corrected chi connectivity index (χ3v) is 3.57. The van der Waals surface area contributed by atoms with Crippen molar-refractivity contribution in [2.75, 3.05) is 5.32 Å². The molecule has 2 rings (SSSR count). The predicted octanol–water partition coefficient (Wildman–Crippen LogP) is 2.77. The zero-order chi connectivity index (χ0) is 9.80. The van der Waals surface area contributed by atoms with E-state index >= 15 is 0 Å². The van der Waals surface area contributed by atoms with Crippen molar-refractivity contribution >= 4 is 28.0 Å². The molecule has 14 heavy (non-hydrogen) atoms. The maximum atomic E-state index is 4.07. The van der Waals surface area contributed by atoms with Gasteiger partial charge in [-0.05, 0) is 23.4 Å². The molecule has 2 aromatic rings. The number of nitrogens with zero attached hydrogens (tertiary/aromatic N) is 2. The fourth-order valence-electron chi connectivity index (χ4n) is 1.24. The number of aryl methyl sites for hydroxylation is 1. The summed E-state index contributed by atoms with van der Waals surface area (Å²) in [6.45, 7) is 3.03. The van der Waals surface area contributed by atoms with Gasteiger partial charge in [0.1, 0.15) is 6.33 Å². The predicted molar refractivity (Wildman–Crippen MR) is 60.9 cm³/mol. The van der Waals surface area contributed by atoms with Crippen molar-refractivity contribution in [1.29, 1.82) is 0 Å². The molecule has 5 heteroatoms. The van der Waals surface area contributed by atoms with E-state index in [-0.39, 0.29) is 0 Å². The molecule has 0 amide bonds. The van der Waals surface area contributed by atoms with Crippen LogP contribution in [-0.4, -0.2) is 9.36 Å². The quantitative estimate of drug-likeness (QED) is 0.869. The largest absolute Gasteiger partial charge is 0.355 e. The molecule has 1 N–H and O–H groups in total. The van der Waals surface area contributed by atoms with Gasteiger partial charge in [-0.1, -0.05) is 6.92 Å². The van der Waals surface area contributed by atoms with Gasteiger partial charge in [-0.2, -0.15) is 4.37 Å². The summed E-state index contributed by atoms with van der Waals surface area (Å²) in [5.41, 5.74) is 1.42. The van der Waals surface area contributed by atoms with E-state index in [9.17, 15) is 0 Å². The molecule has 3 nitrogen and oxygen atoms in total. The number of hydrogen-bond acceptors (Lipinski definition) is 5. The zero-order valence-electron chi connectivity index (χ0n) is 7.86. The van der Waals surface area contributed by atoms with Crippen LogP contribution in [0.4, 0.5) is 5.13 Å². The number of rotatable bonds is 4. The maximum Gasteiger partial charge on any atom is 0.202 e. The Morgan fingerprint density at radius 3 is 3.14 bits per heavy atom. The Morgan fingerprint density at radius 1 is 1.50 bits per heavy atom. The van der Waals surface area contributed by atoms with Crippen LogP contribution in [0.15, 0.2) is 17.8 Å². The molecule has 0 saturated carbocycles. The van der Waals surface area contributed by atoms with E-state index < -0.39 is 0 Å². The van der Waals surface area contributed by atoms with Crippen LogP contribution >= 0.6 is 22.9 Å². The minimum Gasteiger partial charge on any atom is -0.355 e. The Hall–Kier alpha value is -0.940. The third-order valence-electron chi connectivity index (χ3n) is 1.98. The van der Waals surface area contributed by atoms with Gasteiger partial charge in [0.05, 0.1) is 6.54 Å². The smallest absolute Gasteiger partial charge is 0.202 e. The molecule has 0 spiro atoms. The number of anilines is 1.